The Hall–Kier alpha value is -1.16. The van der Waals surface area contributed by atoms with Gasteiger partial charge in [-0.1, -0.05) is 6.92 Å². The second kappa shape index (κ2) is 3.53. The van der Waals surface area contributed by atoms with Gasteiger partial charge in [-0.05, 0) is 27.2 Å². The van der Waals surface area contributed by atoms with Gasteiger partial charge < -0.3 is 10.7 Å². The smallest absolute Gasteiger partial charge is 0.254 e. The zero-order valence-electron chi connectivity index (χ0n) is 9.14. The second-order valence-corrected chi connectivity index (χ2v) is 3.90. The predicted molar refractivity (Wildman–Crippen MR) is 56.2 cm³/mol. The summed E-state index contributed by atoms with van der Waals surface area (Å²) >= 11 is 0. The molecule has 0 radical (unpaired) electrons. The zero-order valence-corrected chi connectivity index (χ0v) is 9.14. The third-order valence-corrected chi connectivity index (χ3v) is 2.67. The first-order valence-corrected chi connectivity index (χ1v) is 4.75. The number of aromatic nitrogens is 2. The minimum atomic E-state index is -0.558. The van der Waals surface area contributed by atoms with Gasteiger partial charge in [-0.2, -0.15) is 0 Å². The van der Waals surface area contributed by atoms with Crippen LogP contribution in [0.4, 0.5) is 0 Å². The lowest BCUT2D eigenvalue weighted by Gasteiger charge is -2.21. The fourth-order valence-electron chi connectivity index (χ4n) is 1.08. The highest BCUT2D eigenvalue weighted by atomic mass is 16.1. The summed E-state index contributed by atoms with van der Waals surface area (Å²) in [6.45, 7) is 7.40. The van der Waals surface area contributed by atoms with Crippen molar-refractivity contribution >= 4 is 0 Å². The number of hydrogen-bond donors (Lipinski definition) is 2. The monoisotopic (exact) mass is 195 g/mol. The molecule has 1 rings (SSSR count). The van der Waals surface area contributed by atoms with E-state index in [0.717, 1.165) is 12.1 Å². The van der Waals surface area contributed by atoms with Crippen molar-refractivity contribution in [2.24, 2.45) is 5.73 Å². The molecule has 0 spiro atoms. The van der Waals surface area contributed by atoms with Gasteiger partial charge in [0.1, 0.15) is 5.82 Å². The fraction of sp³-hybridized carbons (Fsp3) is 0.600. The van der Waals surface area contributed by atoms with Gasteiger partial charge in [-0.25, -0.2) is 4.98 Å². The molecule has 0 fully saturated rings. The van der Waals surface area contributed by atoms with Gasteiger partial charge in [0.05, 0.1) is 5.54 Å². The van der Waals surface area contributed by atoms with E-state index >= 15 is 0 Å². The van der Waals surface area contributed by atoms with E-state index < -0.39 is 5.54 Å². The number of nitrogens with two attached hydrogens (primary N) is 1. The molecule has 0 amide bonds. The Kier molecular flexibility index (Phi) is 2.76. The number of hydrogen-bond acceptors (Lipinski definition) is 3. The molecule has 0 aliphatic rings. The molecule has 3 N–H and O–H groups in total. The van der Waals surface area contributed by atoms with Gasteiger partial charge in [0.15, 0.2) is 0 Å². The first kappa shape index (κ1) is 10.9. The van der Waals surface area contributed by atoms with Gasteiger partial charge in [0.2, 0.25) is 0 Å². The number of nitrogens with one attached hydrogen (secondary N) is 1. The van der Waals surface area contributed by atoms with Crippen molar-refractivity contribution < 1.29 is 0 Å². The molecule has 0 unspecified atom stereocenters. The van der Waals surface area contributed by atoms with Crippen LogP contribution in [0.15, 0.2) is 4.79 Å². The van der Waals surface area contributed by atoms with E-state index in [-0.39, 0.29) is 5.56 Å². The largest absolute Gasteiger partial charge is 0.319 e. The summed E-state index contributed by atoms with van der Waals surface area (Å²) in [5.74, 6) is 0.563. The molecule has 0 aromatic carbocycles. The molecule has 0 bridgehead atoms. The lowest BCUT2D eigenvalue weighted by atomic mass is 9.99. The van der Waals surface area contributed by atoms with Crippen molar-refractivity contribution in [2.45, 2.75) is 39.7 Å². The van der Waals surface area contributed by atoms with Crippen molar-refractivity contribution in [1.82, 2.24) is 9.97 Å². The van der Waals surface area contributed by atoms with Gasteiger partial charge in [-0.15, -0.1) is 0 Å². The van der Waals surface area contributed by atoms with Crippen molar-refractivity contribution in [2.75, 3.05) is 0 Å². The summed E-state index contributed by atoms with van der Waals surface area (Å²) in [4.78, 5) is 18.5. The summed E-state index contributed by atoms with van der Waals surface area (Å²) in [5, 5.41) is 0. The van der Waals surface area contributed by atoms with Crippen molar-refractivity contribution in [3.8, 4) is 0 Å². The van der Waals surface area contributed by atoms with Gasteiger partial charge in [-0.3, -0.25) is 4.79 Å². The van der Waals surface area contributed by atoms with E-state index in [2.05, 4.69) is 9.97 Å². The Morgan fingerprint density at radius 3 is 2.50 bits per heavy atom. The Morgan fingerprint density at radius 1 is 1.50 bits per heavy atom. The van der Waals surface area contributed by atoms with Crippen LogP contribution in [0, 0.1) is 13.8 Å². The molecule has 1 atom stereocenters. The van der Waals surface area contributed by atoms with Crippen LogP contribution in [0.1, 0.15) is 37.4 Å². The van der Waals surface area contributed by atoms with E-state index in [1.54, 1.807) is 6.92 Å². The Morgan fingerprint density at radius 2 is 2.07 bits per heavy atom. The summed E-state index contributed by atoms with van der Waals surface area (Å²) in [5.41, 5.74) is 6.73. The van der Waals surface area contributed by atoms with E-state index in [9.17, 15) is 4.79 Å². The molecular weight excluding hydrogens is 178 g/mol. The van der Waals surface area contributed by atoms with Crippen LogP contribution in [-0.4, -0.2) is 9.97 Å². The number of aromatic amines is 1. The second-order valence-electron chi connectivity index (χ2n) is 3.90. The minimum Gasteiger partial charge on any atom is -0.319 e. The van der Waals surface area contributed by atoms with Crippen molar-refractivity contribution in [3.05, 3.63) is 27.4 Å². The number of nitrogens with zero attached hydrogens (tertiary/aromatic N) is 1. The van der Waals surface area contributed by atoms with E-state index in [0.29, 0.717) is 11.4 Å². The van der Waals surface area contributed by atoms with Gasteiger partial charge in [0, 0.05) is 11.3 Å². The lowest BCUT2D eigenvalue weighted by Crippen LogP contribution is -2.36. The maximum atomic E-state index is 11.5. The average Bonchev–Trinajstić information content (AvgIpc) is 2.13. The number of rotatable bonds is 2. The van der Waals surface area contributed by atoms with Crippen LogP contribution < -0.4 is 11.3 Å². The maximum absolute atomic E-state index is 11.5. The lowest BCUT2D eigenvalue weighted by molar-refractivity contribution is 0.442. The third kappa shape index (κ3) is 1.85. The van der Waals surface area contributed by atoms with Crippen LogP contribution in [0.3, 0.4) is 0 Å². The minimum absolute atomic E-state index is 0.0994. The highest BCUT2D eigenvalue weighted by Gasteiger charge is 2.22. The SMILES string of the molecule is CC[C@@](C)(N)c1nc(C)c(C)c(=O)[nH]1. The molecule has 0 aliphatic carbocycles. The van der Waals surface area contributed by atoms with Crippen LogP contribution in [0.2, 0.25) is 0 Å². The molecule has 0 saturated carbocycles. The van der Waals surface area contributed by atoms with Crippen molar-refractivity contribution in [3.63, 3.8) is 0 Å². The highest BCUT2D eigenvalue weighted by Crippen LogP contribution is 2.16. The van der Waals surface area contributed by atoms with Gasteiger partial charge in [0.25, 0.3) is 5.56 Å². The van der Waals surface area contributed by atoms with Crippen LogP contribution in [-0.2, 0) is 5.54 Å². The molecule has 0 aliphatic heterocycles. The molecule has 0 saturated heterocycles. The molecule has 4 nitrogen and oxygen atoms in total. The highest BCUT2D eigenvalue weighted by molar-refractivity contribution is 5.16. The zero-order chi connectivity index (χ0) is 10.9. The summed E-state index contributed by atoms with van der Waals surface area (Å²) in [7, 11) is 0. The Labute approximate surface area is 83.6 Å². The molecule has 1 aromatic rings. The van der Waals surface area contributed by atoms with E-state index in [1.807, 2.05) is 20.8 Å². The summed E-state index contributed by atoms with van der Waals surface area (Å²) in [6, 6.07) is 0. The molecule has 14 heavy (non-hydrogen) atoms. The third-order valence-electron chi connectivity index (χ3n) is 2.67. The standard InChI is InChI=1S/C10H17N3O/c1-5-10(4,11)9-12-7(3)6(2)8(14)13-9/h5,11H2,1-4H3,(H,12,13,14)/t10-/m1/s1. The quantitative estimate of drug-likeness (QED) is 0.738. The average molecular weight is 195 g/mol. The molecule has 1 heterocycles. The maximum Gasteiger partial charge on any atom is 0.254 e. The topological polar surface area (TPSA) is 71.8 Å². The summed E-state index contributed by atoms with van der Waals surface area (Å²) in [6.07, 6.45) is 0.735. The Bertz CT molecular complexity index is 393. The fourth-order valence-corrected chi connectivity index (χ4v) is 1.08. The van der Waals surface area contributed by atoms with Gasteiger partial charge >= 0.3 is 0 Å². The molecule has 1 aromatic heterocycles. The molecule has 4 heteroatoms. The van der Waals surface area contributed by atoms with Crippen LogP contribution >= 0.6 is 0 Å². The molecular formula is C10H17N3O. The van der Waals surface area contributed by atoms with Crippen LogP contribution in [0.25, 0.3) is 0 Å². The molecule has 78 valence electrons. The number of aryl methyl sites for hydroxylation is 1. The first-order valence-electron chi connectivity index (χ1n) is 4.75. The van der Waals surface area contributed by atoms with Crippen molar-refractivity contribution in [1.29, 1.82) is 0 Å². The Balaban J connectivity index is 3.33. The van der Waals surface area contributed by atoms with Crippen LogP contribution in [0.5, 0.6) is 0 Å². The number of H-pyrrole nitrogens is 1. The first-order chi connectivity index (χ1) is 6.38. The summed E-state index contributed by atoms with van der Waals surface area (Å²) < 4.78 is 0. The normalized spacial score (nSPS) is 15.2. The predicted octanol–water partition coefficient (Wildman–Crippen LogP) is 0.971. The van der Waals surface area contributed by atoms with E-state index in [1.165, 1.54) is 0 Å². The van der Waals surface area contributed by atoms with E-state index in [4.69, 9.17) is 5.73 Å².